The van der Waals surface area contributed by atoms with Gasteiger partial charge in [-0.3, -0.25) is 4.90 Å². The zero-order valence-electron chi connectivity index (χ0n) is 17.2. The summed E-state index contributed by atoms with van der Waals surface area (Å²) in [5, 5.41) is 23.3. The van der Waals surface area contributed by atoms with E-state index in [1.54, 1.807) is 31.5 Å². The van der Waals surface area contributed by atoms with Crippen LogP contribution in [0.3, 0.4) is 0 Å². The second-order valence-electron chi connectivity index (χ2n) is 7.31. The van der Waals surface area contributed by atoms with Crippen LogP contribution >= 0.6 is 0 Å². The molecule has 1 fully saturated rings. The second-order valence-corrected chi connectivity index (χ2v) is 7.31. The summed E-state index contributed by atoms with van der Waals surface area (Å²) in [5.74, 6) is 1.58. The number of pyridine rings is 1. The molecule has 0 saturated carbocycles. The van der Waals surface area contributed by atoms with Gasteiger partial charge < -0.3 is 19.2 Å². The quantitative estimate of drug-likeness (QED) is 0.389. The maximum atomic E-state index is 11.0. The molecule has 31 heavy (non-hydrogen) atoms. The molecule has 4 rings (SSSR count). The first-order valence-corrected chi connectivity index (χ1v) is 10.1. The van der Waals surface area contributed by atoms with E-state index in [0.717, 1.165) is 30.5 Å². The van der Waals surface area contributed by atoms with Crippen molar-refractivity contribution in [2.24, 2.45) is 0 Å². The zero-order valence-corrected chi connectivity index (χ0v) is 17.2. The number of methoxy groups -OCH3 is 1. The largest absolute Gasteiger partial charge is 0.595 e. The highest BCUT2D eigenvalue weighted by Crippen LogP contribution is 2.33. The molecule has 0 radical (unpaired) electrons. The standard InChI is InChI=1S/C21H25N5O5/c1-29-11-12-30-19-9-6-16(13-22-19)20-23-21(31-24-20)18-3-2-10-25(18)14-15-4-7-17(8-5-15)26(27)28/h4-9,13,18,26-27H,2-3,10-12,14H2,1H3/t18-/m0/s1. The first-order valence-electron chi connectivity index (χ1n) is 10.1. The number of nitrogens with zero attached hydrogens (tertiary/aromatic N) is 4. The van der Waals surface area contributed by atoms with Gasteiger partial charge in [-0.05, 0) is 31.0 Å². The Morgan fingerprint density at radius 2 is 2.06 bits per heavy atom. The molecule has 1 aliphatic heterocycles. The highest BCUT2D eigenvalue weighted by molar-refractivity contribution is 5.53. The Bertz CT molecular complexity index is 961. The van der Waals surface area contributed by atoms with E-state index in [1.165, 1.54) is 0 Å². The lowest BCUT2D eigenvalue weighted by molar-refractivity contribution is -0.991. The Morgan fingerprint density at radius 1 is 1.23 bits per heavy atom. The van der Waals surface area contributed by atoms with Crippen molar-refractivity contribution < 1.29 is 24.4 Å². The van der Waals surface area contributed by atoms with Crippen LogP contribution in [0.1, 0.15) is 30.3 Å². The second kappa shape index (κ2) is 9.94. The molecule has 0 amide bonds. The maximum Gasteiger partial charge on any atom is 0.244 e. The van der Waals surface area contributed by atoms with Crippen LogP contribution < -0.4 is 9.96 Å². The molecule has 1 aromatic carbocycles. The number of quaternary nitrogens is 1. The van der Waals surface area contributed by atoms with Crippen molar-refractivity contribution in [3.63, 3.8) is 0 Å². The molecule has 1 saturated heterocycles. The molecule has 3 aromatic rings. The maximum absolute atomic E-state index is 11.0. The summed E-state index contributed by atoms with van der Waals surface area (Å²) in [6.07, 6.45) is 3.62. The number of rotatable bonds is 9. The van der Waals surface area contributed by atoms with Crippen LogP contribution in [0.15, 0.2) is 47.1 Å². The SMILES string of the molecule is COCCOc1ccc(-c2noc([C@@H]3CCCN3Cc3ccc([NH+]([O-])O)cc3)n2)cn1. The number of likely N-dealkylation sites (tertiary alicyclic amines) is 1. The summed E-state index contributed by atoms with van der Waals surface area (Å²) in [7, 11) is 1.62. The molecule has 0 bridgehead atoms. The van der Waals surface area contributed by atoms with Crippen molar-refractivity contribution in [3.8, 4) is 17.3 Å². The number of hydrogen-bond donors (Lipinski definition) is 2. The lowest BCUT2D eigenvalue weighted by Gasteiger charge is -2.21. The fraction of sp³-hybridized carbons (Fsp3) is 0.381. The lowest BCUT2D eigenvalue weighted by atomic mass is 10.1. The monoisotopic (exact) mass is 427 g/mol. The van der Waals surface area contributed by atoms with Gasteiger partial charge in [-0.2, -0.15) is 10.2 Å². The zero-order chi connectivity index (χ0) is 21.6. The van der Waals surface area contributed by atoms with Gasteiger partial charge in [-0.1, -0.05) is 17.3 Å². The molecule has 10 heteroatoms. The van der Waals surface area contributed by atoms with Crippen molar-refractivity contribution in [2.75, 3.05) is 26.9 Å². The van der Waals surface area contributed by atoms with Crippen molar-refractivity contribution in [1.82, 2.24) is 20.0 Å². The third kappa shape index (κ3) is 5.24. The average molecular weight is 427 g/mol. The van der Waals surface area contributed by atoms with E-state index in [1.807, 2.05) is 18.2 Å². The normalized spacial score (nSPS) is 17.7. The number of ether oxygens (including phenoxy) is 2. The molecule has 1 aliphatic rings. The third-order valence-corrected chi connectivity index (χ3v) is 5.21. The number of hydrogen-bond acceptors (Lipinski definition) is 9. The molecule has 0 aliphatic carbocycles. The topological polar surface area (TPSA) is 121 Å². The van der Waals surface area contributed by atoms with Crippen molar-refractivity contribution in [3.05, 3.63) is 59.3 Å². The molecule has 1 unspecified atom stereocenters. The molecule has 10 nitrogen and oxygen atoms in total. The van der Waals surface area contributed by atoms with E-state index in [2.05, 4.69) is 20.0 Å². The van der Waals surface area contributed by atoms with Gasteiger partial charge in [-0.25, -0.2) is 10.2 Å². The summed E-state index contributed by atoms with van der Waals surface area (Å²) in [6, 6.07) is 10.6. The fourth-order valence-corrected chi connectivity index (χ4v) is 3.60. The van der Waals surface area contributed by atoms with Crippen molar-refractivity contribution in [2.45, 2.75) is 25.4 Å². The molecular formula is C21H25N5O5. The van der Waals surface area contributed by atoms with Gasteiger partial charge in [0.05, 0.1) is 12.6 Å². The van der Waals surface area contributed by atoms with E-state index in [4.69, 9.17) is 19.2 Å². The highest BCUT2D eigenvalue weighted by atomic mass is 16.8. The van der Waals surface area contributed by atoms with E-state index in [0.29, 0.717) is 37.4 Å². The highest BCUT2D eigenvalue weighted by Gasteiger charge is 2.31. The van der Waals surface area contributed by atoms with Gasteiger partial charge in [0.15, 0.2) is 5.69 Å². The minimum atomic E-state index is -0.923. The van der Waals surface area contributed by atoms with E-state index in [9.17, 15) is 5.21 Å². The first kappa shape index (κ1) is 21.3. The Kier molecular flexibility index (Phi) is 6.85. The lowest BCUT2D eigenvalue weighted by Crippen LogP contribution is -2.99. The van der Waals surface area contributed by atoms with E-state index < -0.39 is 5.23 Å². The van der Waals surface area contributed by atoms with E-state index >= 15 is 0 Å². The van der Waals surface area contributed by atoms with Gasteiger partial charge in [0, 0.05) is 43.6 Å². The molecule has 0 spiro atoms. The molecule has 3 heterocycles. The molecule has 2 atom stereocenters. The van der Waals surface area contributed by atoms with Crippen LogP contribution in [0.2, 0.25) is 0 Å². The van der Waals surface area contributed by atoms with Crippen molar-refractivity contribution >= 4 is 5.69 Å². The minimum Gasteiger partial charge on any atom is -0.595 e. The summed E-state index contributed by atoms with van der Waals surface area (Å²) in [4.78, 5) is 11.1. The van der Waals surface area contributed by atoms with Crippen molar-refractivity contribution in [1.29, 1.82) is 0 Å². The van der Waals surface area contributed by atoms with Gasteiger partial charge in [0.25, 0.3) is 0 Å². The number of aromatic nitrogens is 3. The molecule has 164 valence electrons. The van der Waals surface area contributed by atoms with Crippen LogP contribution in [0, 0.1) is 5.21 Å². The Hall–Kier alpha value is -2.89. The van der Waals surface area contributed by atoms with Gasteiger partial charge in [0.2, 0.25) is 17.6 Å². The summed E-state index contributed by atoms with van der Waals surface area (Å²) in [5.41, 5.74) is 2.08. The van der Waals surface area contributed by atoms with Crippen LogP contribution in [-0.4, -0.2) is 52.1 Å². The summed E-state index contributed by atoms with van der Waals surface area (Å²) < 4.78 is 16.0. The smallest absolute Gasteiger partial charge is 0.244 e. The predicted molar refractivity (Wildman–Crippen MR) is 110 cm³/mol. The number of benzene rings is 1. The Morgan fingerprint density at radius 3 is 2.77 bits per heavy atom. The summed E-state index contributed by atoms with van der Waals surface area (Å²) >= 11 is 0. The van der Waals surface area contributed by atoms with Crippen LogP contribution in [0.25, 0.3) is 11.4 Å². The average Bonchev–Trinajstić information content (AvgIpc) is 3.44. The van der Waals surface area contributed by atoms with Gasteiger partial charge in [-0.15, -0.1) is 0 Å². The molecular weight excluding hydrogens is 402 g/mol. The van der Waals surface area contributed by atoms with Crippen LogP contribution in [0.5, 0.6) is 5.88 Å². The molecule has 2 N–H and O–H groups in total. The van der Waals surface area contributed by atoms with Gasteiger partial charge >= 0.3 is 0 Å². The van der Waals surface area contributed by atoms with Crippen LogP contribution in [0.4, 0.5) is 5.69 Å². The fourth-order valence-electron chi connectivity index (χ4n) is 3.60. The van der Waals surface area contributed by atoms with Gasteiger partial charge in [0.1, 0.15) is 6.61 Å². The third-order valence-electron chi connectivity index (χ3n) is 5.21. The van der Waals surface area contributed by atoms with Crippen LogP contribution in [-0.2, 0) is 11.3 Å². The minimum absolute atomic E-state index is 0.0324. The first-order chi connectivity index (χ1) is 15.1. The Labute approximate surface area is 179 Å². The number of nitrogens with one attached hydrogen (secondary N) is 1. The predicted octanol–water partition coefficient (Wildman–Crippen LogP) is 1.90. The van der Waals surface area contributed by atoms with E-state index in [-0.39, 0.29) is 11.7 Å². The molecule has 2 aromatic heterocycles. The Balaban J connectivity index is 1.41. The summed E-state index contributed by atoms with van der Waals surface area (Å²) in [6.45, 7) is 2.54.